The molecular weight excluding hydrogens is 290 g/mol. The van der Waals surface area contributed by atoms with Crippen molar-refractivity contribution in [2.75, 3.05) is 5.32 Å². The van der Waals surface area contributed by atoms with Gasteiger partial charge in [0.05, 0.1) is 10.6 Å². The number of thiazole rings is 1. The van der Waals surface area contributed by atoms with Gasteiger partial charge in [-0.25, -0.2) is 4.98 Å². The van der Waals surface area contributed by atoms with Crippen molar-refractivity contribution < 1.29 is 14.1 Å². The zero-order valence-electron chi connectivity index (χ0n) is 12.0. The standard InChI is InChI=1S/C14H15N3O3S/c1-7-4-8(17-20-7)12(19)16-13-15-9-5-14(2,3)6-10(18)11(9)21-13/h4H,5-6H2,1-3H3,(H,15,16,19). The molecule has 0 saturated heterocycles. The largest absolute Gasteiger partial charge is 0.361 e. The van der Waals surface area contributed by atoms with Crippen LogP contribution >= 0.6 is 11.3 Å². The summed E-state index contributed by atoms with van der Waals surface area (Å²) in [5, 5.41) is 6.75. The van der Waals surface area contributed by atoms with Crippen molar-refractivity contribution in [3.63, 3.8) is 0 Å². The molecule has 0 aromatic carbocycles. The minimum absolute atomic E-state index is 0.0807. The van der Waals surface area contributed by atoms with Gasteiger partial charge in [-0.05, 0) is 18.8 Å². The smallest absolute Gasteiger partial charge is 0.279 e. The van der Waals surface area contributed by atoms with E-state index in [0.717, 1.165) is 12.1 Å². The molecule has 0 saturated carbocycles. The number of aromatic nitrogens is 2. The number of hydrogen-bond donors (Lipinski definition) is 1. The van der Waals surface area contributed by atoms with Crippen LogP contribution in [0.3, 0.4) is 0 Å². The van der Waals surface area contributed by atoms with Crippen LogP contribution in [-0.4, -0.2) is 21.8 Å². The van der Waals surface area contributed by atoms with E-state index in [9.17, 15) is 9.59 Å². The van der Waals surface area contributed by atoms with Gasteiger partial charge < -0.3 is 4.52 Å². The number of carbonyl (C=O) groups is 2. The number of hydrogen-bond acceptors (Lipinski definition) is 6. The Morgan fingerprint density at radius 1 is 1.43 bits per heavy atom. The summed E-state index contributed by atoms with van der Waals surface area (Å²) < 4.78 is 4.87. The van der Waals surface area contributed by atoms with E-state index in [0.29, 0.717) is 22.2 Å². The van der Waals surface area contributed by atoms with E-state index in [2.05, 4.69) is 15.5 Å². The molecule has 2 aromatic heterocycles. The van der Waals surface area contributed by atoms with E-state index in [1.54, 1.807) is 13.0 Å². The Labute approximate surface area is 125 Å². The number of nitrogens with zero attached hydrogens (tertiary/aromatic N) is 2. The average molecular weight is 305 g/mol. The first-order valence-electron chi connectivity index (χ1n) is 6.62. The summed E-state index contributed by atoms with van der Waals surface area (Å²) in [4.78, 5) is 29.1. The van der Waals surface area contributed by atoms with Crippen molar-refractivity contribution in [1.82, 2.24) is 10.1 Å². The lowest BCUT2D eigenvalue weighted by atomic mass is 9.78. The second-order valence-electron chi connectivity index (χ2n) is 6.01. The molecule has 0 atom stereocenters. The van der Waals surface area contributed by atoms with Crippen molar-refractivity contribution >= 4 is 28.2 Å². The highest BCUT2D eigenvalue weighted by Gasteiger charge is 2.34. The molecule has 21 heavy (non-hydrogen) atoms. The Morgan fingerprint density at radius 3 is 2.86 bits per heavy atom. The summed E-state index contributed by atoms with van der Waals surface area (Å²) in [5.74, 6) is 0.275. The molecule has 0 spiro atoms. The summed E-state index contributed by atoms with van der Waals surface area (Å²) in [6.07, 6.45) is 1.25. The predicted molar refractivity (Wildman–Crippen MR) is 77.7 cm³/mol. The number of carbonyl (C=O) groups excluding carboxylic acids is 2. The first-order valence-corrected chi connectivity index (χ1v) is 7.43. The summed E-state index contributed by atoms with van der Waals surface area (Å²) in [6, 6.07) is 1.55. The molecule has 0 unspecified atom stereocenters. The van der Waals surface area contributed by atoms with Gasteiger partial charge >= 0.3 is 0 Å². The van der Waals surface area contributed by atoms with Crippen molar-refractivity contribution in [2.45, 2.75) is 33.6 Å². The molecule has 1 N–H and O–H groups in total. The normalized spacial score (nSPS) is 16.6. The van der Waals surface area contributed by atoms with E-state index < -0.39 is 0 Å². The van der Waals surface area contributed by atoms with E-state index in [-0.39, 0.29) is 22.8 Å². The monoisotopic (exact) mass is 305 g/mol. The fourth-order valence-electron chi connectivity index (χ4n) is 2.41. The molecule has 0 radical (unpaired) electrons. The summed E-state index contributed by atoms with van der Waals surface area (Å²) in [5.41, 5.74) is 0.892. The number of Topliss-reactive ketones (excluding diaryl/α,β-unsaturated/α-hetero) is 1. The third kappa shape index (κ3) is 2.73. The number of ketones is 1. The van der Waals surface area contributed by atoms with Crippen molar-refractivity contribution in [1.29, 1.82) is 0 Å². The van der Waals surface area contributed by atoms with E-state index in [1.165, 1.54) is 11.3 Å². The molecule has 1 aliphatic carbocycles. The zero-order chi connectivity index (χ0) is 15.2. The topological polar surface area (TPSA) is 85.1 Å². The number of fused-ring (bicyclic) bond motifs is 1. The highest BCUT2D eigenvalue weighted by Crippen LogP contribution is 2.38. The van der Waals surface area contributed by atoms with E-state index >= 15 is 0 Å². The minimum atomic E-state index is -0.385. The maximum absolute atomic E-state index is 12.1. The molecule has 110 valence electrons. The molecule has 2 heterocycles. The molecule has 0 bridgehead atoms. The number of anilines is 1. The highest BCUT2D eigenvalue weighted by atomic mass is 32.1. The average Bonchev–Trinajstić information content (AvgIpc) is 2.94. The molecule has 0 fully saturated rings. The van der Waals surface area contributed by atoms with Gasteiger partial charge in [0.15, 0.2) is 16.6 Å². The molecule has 7 heteroatoms. The van der Waals surface area contributed by atoms with Crippen LogP contribution in [0.25, 0.3) is 0 Å². The van der Waals surface area contributed by atoms with Crippen LogP contribution in [0, 0.1) is 12.3 Å². The Balaban J connectivity index is 1.82. The second-order valence-corrected chi connectivity index (χ2v) is 7.01. The Bertz CT molecular complexity index is 730. The SMILES string of the molecule is Cc1cc(C(=O)Nc2nc3c(s2)C(=O)CC(C)(C)C3)no1. The van der Waals surface area contributed by atoms with Crippen LogP contribution in [0.4, 0.5) is 5.13 Å². The minimum Gasteiger partial charge on any atom is -0.361 e. The van der Waals surface area contributed by atoms with Crippen LogP contribution in [-0.2, 0) is 6.42 Å². The van der Waals surface area contributed by atoms with Gasteiger partial charge in [-0.2, -0.15) is 0 Å². The number of aryl methyl sites for hydroxylation is 1. The maximum atomic E-state index is 12.1. The van der Waals surface area contributed by atoms with Crippen molar-refractivity contribution in [3.8, 4) is 0 Å². The first-order chi connectivity index (χ1) is 9.84. The Hall–Kier alpha value is -2.02. The molecule has 0 aliphatic heterocycles. The number of amides is 1. The van der Waals surface area contributed by atoms with Crippen LogP contribution in [0.5, 0.6) is 0 Å². The molecule has 2 aromatic rings. The molecule has 1 amide bonds. The summed E-state index contributed by atoms with van der Waals surface area (Å²) >= 11 is 1.22. The van der Waals surface area contributed by atoms with Crippen molar-refractivity contribution in [2.24, 2.45) is 5.41 Å². The van der Waals surface area contributed by atoms with Gasteiger partial charge in [-0.3, -0.25) is 14.9 Å². The third-order valence-electron chi connectivity index (χ3n) is 3.32. The second kappa shape index (κ2) is 4.77. The lowest BCUT2D eigenvalue weighted by Gasteiger charge is -2.26. The van der Waals surface area contributed by atoms with Gasteiger partial charge in [0.1, 0.15) is 5.76 Å². The van der Waals surface area contributed by atoms with Gasteiger partial charge in [0.25, 0.3) is 5.91 Å². The highest BCUT2D eigenvalue weighted by molar-refractivity contribution is 7.17. The maximum Gasteiger partial charge on any atom is 0.279 e. The van der Waals surface area contributed by atoms with Gasteiger partial charge in [-0.15, -0.1) is 0 Å². The molecule has 6 nitrogen and oxygen atoms in total. The van der Waals surface area contributed by atoms with Crippen LogP contribution in [0.1, 0.15) is 51.9 Å². The van der Waals surface area contributed by atoms with E-state index in [4.69, 9.17) is 4.52 Å². The number of nitrogens with one attached hydrogen (secondary N) is 1. The van der Waals surface area contributed by atoms with Crippen LogP contribution in [0.2, 0.25) is 0 Å². The van der Waals surface area contributed by atoms with Gasteiger partial charge in [-0.1, -0.05) is 30.3 Å². The molecular formula is C14H15N3O3S. The zero-order valence-corrected chi connectivity index (χ0v) is 12.8. The predicted octanol–water partition coefficient (Wildman–Crippen LogP) is 2.85. The van der Waals surface area contributed by atoms with Crippen LogP contribution < -0.4 is 5.32 Å². The fraction of sp³-hybridized carbons (Fsp3) is 0.429. The summed E-state index contributed by atoms with van der Waals surface area (Å²) in [6.45, 7) is 5.81. The summed E-state index contributed by atoms with van der Waals surface area (Å²) in [7, 11) is 0. The molecule has 3 rings (SSSR count). The lowest BCUT2D eigenvalue weighted by Crippen LogP contribution is -2.26. The lowest BCUT2D eigenvalue weighted by molar-refractivity contribution is 0.0915. The van der Waals surface area contributed by atoms with Crippen LogP contribution in [0.15, 0.2) is 10.6 Å². The van der Waals surface area contributed by atoms with Crippen molar-refractivity contribution in [3.05, 3.63) is 28.1 Å². The van der Waals surface area contributed by atoms with Gasteiger partial charge in [0.2, 0.25) is 0 Å². The Kier molecular flexibility index (Phi) is 3.16. The first kappa shape index (κ1) is 13.9. The quantitative estimate of drug-likeness (QED) is 0.922. The third-order valence-corrected chi connectivity index (χ3v) is 4.37. The Morgan fingerprint density at radius 2 is 2.19 bits per heavy atom. The van der Waals surface area contributed by atoms with E-state index in [1.807, 2.05) is 13.8 Å². The number of rotatable bonds is 2. The fourth-order valence-corrected chi connectivity index (χ4v) is 3.32. The van der Waals surface area contributed by atoms with Gasteiger partial charge in [0, 0.05) is 12.5 Å². The molecule has 1 aliphatic rings.